The molecule has 0 aliphatic heterocycles. The average molecular weight is 313 g/mol. The zero-order valence-corrected chi connectivity index (χ0v) is 13.5. The van der Waals surface area contributed by atoms with Crippen molar-refractivity contribution in [3.05, 3.63) is 28.5 Å². The fourth-order valence-corrected chi connectivity index (χ4v) is 2.16. The largest absolute Gasteiger partial charge is 0.467 e. The number of pyridine rings is 1. The van der Waals surface area contributed by atoms with Gasteiger partial charge in [0.2, 0.25) is 0 Å². The number of aryl methyl sites for hydroxylation is 1. The van der Waals surface area contributed by atoms with Gasteiger partial charge in [-0.05, 0) is 30.9 Å². The van der Waals surface area contributed by atoms with Crippen LogP contribution in [0, 0.1) is 5.92 Å². The van der Waals surface area contributed by atoms with Gasteiger partial charge in [0.15, 0.2) is 0 Å². The summed E-state index contributed by atoms with van der Waals surface area (Å²) in [6.45, 7) is 5.87. The maximum Gasteiger partial charge on any atom is 0.328 e. The maximum atomic E-state index is 12.3. The Bertz CT molecular complexity index is 518. The number of methoxy groups -OCH3 is 1. The van der Waals surface area contributed by atoms with Crippen LogP contribution in [0.25, 0.3) is 0 Å². The highest BCUT2D eigenvalue weighted by Gasteiger charge is 2.23. The first-order valence-electron chi connectivity index (χ1n) is 6.92. The SMILES string of the molecule is CCc1cc(C(=O)NC(CC(C)C)C(=O)OC)cc(Cl)n1. The number of hydrogen-bond acceptors (Lipinski definition) is 4. The summed E-state index contributed by atoms with van der Waals surface area (Å²) >= 11 is 5.90. The van der Waals surface area contributed by atoms with Gasteiger partial charge >= 0.3 is 5.97 Å². The molecule has 0 spiro atoms. The van der Waals surface area contributed by atoms with Gasteiger partial charge in [0, 0.05) is 11.3 Å². The van der Waals surface area contributed by atoms with E-state index in [2.05, 4.69) is 10.3 Å². The number of esters is 1. The summed E-state index contributed by atoms with van der Waals surface area (Å²) in [5.74, 6) is -0.556. The van der Waals surface area contributed by atoms with E-state index in [0.717, 1.165) is 5.69 Å². The first kappa shape index (κ1) is 17.4. The van der Waals surface area contributed by atoms with E-state index in [1.165, 1.54) is 13.2 Å². The van der Waals surface area contributed by atoms with Crippen LogP contribution in [0.1, 0.15) is 43.2 Å². The fraction of sp³-hybridized carbons (Fsp3) is 0.533. The molecule has 1 aromatic heterocycles. The minimum absolute atomic E-state index is 0.252. The van der Waals surface area contributed by atoms with Gasteiger partial charge < -0.3 is 10.1 Å². The van der Waals surface area contributed by atoms with Gasteiger partial charge in [0.1, 0.15) is 11.2 Å². The Labute approximate surface area is 130 Å². The summed E-state index contributed by atoms with van der Waals surface area (Å²) in [6, 6.07) is 2.49. The van der Waals surface area contributed by atoms with E-state index in [1.54, 1.807) is 6.07 Å². The quantitative estimate of drug-likeness (QED) is 0.647. The first-order valence-corrected chi connectivity index (χ1v) is 7.30. The lowest BCUT2D eigenvalue weighted by Gasteiger charge is -2.18. The molecule has 0 aliphatic carbocycles. The normalized spacial score (nSPS) is 12.1. The third-order valence-corrected chi connectivity index (χ3v) is 3.16. The van der Waals surface area contributed by atoms with Crippen LogP contribution >= 0.6 is 11.6 Å². The van der Waals surface area contributed by atoms with Crippen molar-refractivity contribution >= 4 is 23.5 Å². The van der Waals surface area contributed by atoms with E-state index >= 15 is 0 Å². The lowest BCUT2D eigenvalue weighted by molar-refractivity contribution is -0.143. The van der Waals surface area contributed by atoms with Crippen molar-refractivity contribution in [3.63, 3.8) is 0 Å². The molecule has 1 atom stereocenters. The predicted octanol–water partition coefficient (Wildman–Crippen LogP) is 2.61. The van der Waals surface area contributed by atoms with Crippen molar-refractivity contribution < 1.29 is 14.3 Å². The van der Waals surface area contributed by atoms with E-state index in [-0.39, 0.29) is 17.0 Å². The zero-order chi connectivity index (χ0) is 16.0. The van der Waals surface area contributed by atoms with Crippen LogP contribution in [0.3, 0.4) is 0 Å². The van der Waals surface area contributed by atoms with Crippen molar-refractivity contribution in [3.8, 4) is 0 Å². The number of carbonyl (C=O) groups is 2. The monoisotopic (exact) mass is 312 g/mol. The summed E-state index contributed by atoms with van der Waals surface area (Å²) in [4.78, 5) is 28.1. The zero-order valence-electron chi connectivity index (χ0n) is 12.8. The molecule has 5 nitrogen and oxygen atoms in total. The van der Waals surface area contributed by atoms with Gasteiger partial charge in [0.25, 0.3) is 5.91 Å². The molecule has 21 heavy (non-hydrogen) atoms. The summed E-state index contributed by atoms with van der Waals surface area (Å²) in [6.07, 6.45) is 1.19. The van der Waals surface area contributed by atoms with Gasteiger partial charge in [-0.25, -0.2) is 9.78 Å². The summed E-state index contributed by atoms with van der Waals surface area (Å²) in [5.41, 5.74) is 1.12. The van der Waals surface area contributed by atoms with Crippen molar-refractivity contribution in [1.82, 2.24) is 10.3 Å². The summed E-state index contributed by atoms with van der Waals surface area (Å²) in [7, 11) is 1.31. The highest BCUT2D eigenvalue weighted by molar-refractivity contribution is 6.29. The van der Waals surface area contributed by atoms with E-state index in [0.29, 0.717) is 18.4 Å². The standard InChI is InChI=1S/C15H21ClN2O3/c1-5-11-7-10(8-13(16)17-11)14(19)18-12(6-9(2)3)15(20)21-4/h7-9,12H,5-6H2,1-4H3,(H,18,19). The molecule has 0 bridgehead atoms. The predicted molar refractivity (Wildman–Crippen MR) is 81.4 cm³/mol. The van der Waals surface area contributed by atoms with E-state index in [1.807, 2.05) is 20.8 Å². The van der Waals surface area contributed by atoms with Crippen LogP contribution in [0.15, 0.2) is 12.1 Å². The molecule has 0 saturated heterocycles. The third kappa shape index (κ3) is 5.34. The van der Waals surface area contributed by atoms with Crippen molar-refractivity contribution in [2.24, 2.45) is 5.92 Å². The molecule has 1 N–H and O–H groups in total. The molecule has 116 valence electrons. The van der Waals surface area contributed by atoms with Crippen LogP contribution in [-0.2, 0) is 16.0 Å². The van der Waals surface area contributed by atoms with Gasteiger partial charge in [-0.2, -0.15) is 0 Å². The van der Waals surface area contributed by atoms with Crippen LogP contribution in [0.4, 0.5) is 0 Å². The van der Waals surface area contributed by atoms with Gasteiger partial charge in [-0.3, -0.25) is 4.79 Å². The second-order valence-corrected chi connectivity index (χ2v) is 5.59. The number of rotatable bonds is 6. The Balaban J connectivity index is 2.91. The van der Waals surface area contributed by atoms with Crippen LogP contribution in [-0.4, -0.2) is 30.0 Å². The first-order chi connectivity index (χ1) is 9.87. The molecule has 1 aromatic rings. The molecule has 0 aliphatic rings. The molecular formula is C15H21ClN2O3. The van der Waals surface area contributed by atoms with Gasteiger partial charge in [-0.1, -0.05) is 32.4 Å². The molecule has 0 fully saturated rings. The smallest absolute Gasteiger partial charge is 0.328 e. The van der Waals surface area contributed by atoms with E-state index < -0.39 is 12.0 Å². The highest BCUT2D eigenvalue weighted by Crippen LogP contribution is 2.13. The Hall–Kier alpha value is -1.62. The number of carbonyl (C=O) groups excluding carboxylic acids is 2. The highest BCUT2D eigenvalue weighted by atomic mass is 35.5. The maximum absolute atomic E-state index is 12.3. The molecule has 1 amide bonds. The van der Waals surface area contributed by atoms with E-state index in [9.17, 15) is 9.59 Å². The molecule has 0 saturated carbocycles. The molecule has 1 rings (SSSR count). The Kier molecular flexibility index (Phi) is 6.62. The van der Waals surface area contributed by atoms with Gasteiger partial charge in [-0.15, -0.1) is 0 Å². The second kappa shape index (κ2) is 7.98. The Morgan fingerprint density at radius 1 is 1.38 bits per heavy atom. The lowest BCUT2D eigenvalue weighted by atomic mass is 10.0. The minimum atomic E-state index is -0.667. The number of halogens is 1. The lowest BCUT2D eigenvalue weighted by Crippen LogP contribution is -2.42. The summed E-state index contributed by atoms with van der Waals surface area (Å²) in [5, 5.41) is 2.96. The summed E-state index contributed by atoms with van der Waals surface area (Å²) < 4.78 is 4.73. The number of amides is 1. The number of nitrogens with zero attached hydrogens (tertiary/aromatic N) is 1. The number of ether oxygens (including phenoxy) is 1. The number of aromatic nitrogens is 1. The molecule has 1 unspecified atom stereocenters. The number of hydrogen-bond donors (Lipinski definition) is 1. The fourth-order valence-electron chi connectivity index (χ4n) is 1.93. The average Bonchev–Trinajstić information content (AvgIpc) is 2.44. The molecular weight excluding hydrogens is 292 g/mol. The third-order valence-electron chi connectivity index (χ3n) is 2.97. The van der Waals surface area contributed by atoms with Crippen LogP contribution < -0.4 is 5.32 Å². The van der Waals surface area contributed by atoms with Gasteiger partial charge in [0.05, 0.1) is 7.11 Å². The van der Waals surface area contributed by atoms with Crippen molar-refractivity contribution in [2.75, 3.05) is 7.11 Å². The molecule has 1 heterocycles. The number of nitrogens with one attached hydrogen (secondary N) is 1. The molecule has 0 aromatic carbocycles. The van der Waals surface area contributed by atoms with Crippen LogP contribution in [0.5, 0.6) is 0 Å². The van der Waals surface area contributed by atoms with Crippen LogP contribution in [0.2, 0.25) is 5.15 Å². The minimum Gasteiger partial charge on any atom is -0.467 e. The molecule has 0 radical (unpaired) electrons. The topological polar surface area (TPSA) is 68.3 Å². The van der Waals surface area contributed by atoms with E-state index in [4.69, 9.17) is 16.3 Å². The Morgan fingerprint density at radius 2 is 2.05 bits per heavy atom. The molecule has 6 heteroatoms. The Morgan fingerprint density at radius 3 is 2.57 bits per heavy atom. The van der Waals surface area contributed by atoms with Crippen molar-refractivity contribution in [1.29, 1.82) is 0 Å². The van der Waals surface area contributed by atoms with Crippen molar-refractivity contribution in [2.45, 2.75) is 39.7 Å². The second-order valence-electron chi connectivity index (χ2n) is 5.20.